The van der Waals surface area contributed by atoms with E-state index < -0.39 is 5.54 Å². The number of nitrogens with one attached hydrogen (secondary N) is 2. The monoisotopic (exact) mass is 516 g/mol. The summed E-state index contributed by atoms with van der Waals surface area (Å²) in [6, 6.07) is 17.8. The number of carbonyl (C=O) groups excluding carboxylic acids is 2. The van der Waals surface area contributed by atoms with Crippen molar-refractivity contribution < 1.29 is 9.59 Å². The van der Waals surface area contributed by atoms with Crippen LogP contribution in [0.25, 0.3) is 0 Å². The molecule has 4 N–H and O–H groups in total. The van der Waals surface area contributed by atoms with Crippen LogP contribution in [0.15, 0.2) is 59.6 Å². The Balaban J connectivity index is 1.35. The number of amides is 1. The normalized spacial score (nSPS) is 23.4. The summed E-state index contributed by atoms with van der Waals surface area (Å²) < 4.78 is 0. The van der Waals surface area contributed by atoms with Crippen molar-refractivity contribution in [3.8, 4) is 0 Å². The van der Waals surface area contributed by atoms with E-state index in [2.05, 4.69) is 32.6 Å². The lowest BCUT2D eigenvalue weighted by Crippen LogP contribution is -2.58. The fraction of sp³-hybridized carbons (Fsp3) is 0.500. The van der Waals surface area contributed by atoms with Crippen molar-refractivity contribution in [1.29, 1.82) is 0 Å². The van der Waals surface area contributed by atoms with Gasteiger partial charge < -0.3 is 26.2 Å². The fourth-order valence-corrected chi connectivity index (χ4v) is 6.28. The summed E-state index contributed by atoms with van der Waals surface area (Å²) in [4.78, 5) is 34.7. The van der Waals surface area contributed by atoms with Crippen molar-refractivity contribution >= 4 is 29.0 Å². The van der Waals surface area contributed by atoms with Crippen molar-refractivity contribution in [3.63, 3.8) is 0 Å². The van der Waals surface area contributed by atoms with Crippen LogP contribution in [0.1, 0.15) is 55.8 Å². The second-order valence-electron chi connectivity index (χ2n) is 11.0. The topological polar surface area (TPSA) is 103 Å². The quantitative estimate of drug-likeness (QED) is 0.306. The molecule has 3 aliphatic rings. The van der Waals surface area contributed by atoms with Crippen molar-refractivity contribution in [2.24, 2.45) is 22.6 Å². The summed E-state index contributed by atoms with van der Waals surface area (Å²) in [5.74, 6) is 2.09. The fourth-order valence-electron chi connectivity index (χ4n) is 6.28. The summed E-state index contributed by atoms with van der Waals surface area (Å²) in [6.07, 6.45) is 6.15. The van der Waals surface area contributed by atoms with Crippen LogP contribution in [0, 0.1) is 11.8 Å². The van der Waals surface area contributed by atoms with Gasteiger partial charge in [0, 0.05) is 36.6 Å². The van der Waals surface area contributed by atoms with Crippen LogP contribution in [0.2, 0.25) is 0 Å². The molecule has 3 fully saturated rings. The number of carbonyl (C=O) groups is 2. The molecule has 2 unspecified atom stereocenters. The van der Waals surface area contributed by atoms with Crippen LogP contribution >= 0.6 is 0 Å². The van der Waals surface area contributed by atoms with E-state index in [1.807, 2.05) is 42.5 Å². The highest BCUT2D eigenvalue weighted by Gasteiger charge is 2.50. The van der Waals surface area contributed by atoms with Gasteiger partial charge in [0.2, 0.25) is 5.91 Å². The molecule has 1 spiro atoms. The lowest BCUT2D eigenvalue weighted by atomic mass is 9.81. The maximum Gasteiger partial charge on any atom is 0.247 e. The Morgan fingerprint density at radius 2 is 1.87 bits per heavy atom. The molecule has 38 heavy (non-hydrogen) atoms. The second kappa shape index (κ2) is 11.6. The number of likely N-dealkylation sites (tertiary alicyclic amines) is 1. The standard InChI is InChI=1S/C30H40N6O2/c1-22(37)25-9-6-10-26(18-25)34-29(32-20-24-8-5-7-23(17-24)19-31)35-15-13-30(14-16-35)28(38)33-21-36(30)27-11-3-2-4-12-27/h2-4,6,9-12,18,23-24H,5,7-8,13-17,19-21,31H2,1H3,(H,32,34)(H,33,38). The molecule has 1 saturated carbocycles. The van der Waals surface area contributed by atoms with Gasteiger partial charge in [0.15, 0.2) is 11.7 Å². The molecule has 2 aromatic carbocycles. The molecule has 0 bridgehead atoms. The third-order valence-corrected chi connectivity index (χ3v) is 8.54. The lowest BCUT2D eigenvalue weighted by molar-refractivity contribution is -0.124. The maximum absolute atomic E-state index is 13.1. The first-order valence-electron chi connectivity index (χ1n) is 14.0. The van der Waals surface area contributed by atoms with E-state index in [1.165, 1.54) is 19.3 Å². The Hall–Kier alpha value is -3.39. The maximum atomic E-state index is 13.1. The first-order chi connectivity index (χ1) is 18.5. The van der Waals surface area contributed by atoms with Crippen LogP contribution < -0.4 is 21.3 Å². The number of para-hydroxylation sites is 1. The Morgan fingerprint density at radius 1 is 1.11 bits per heavy atom. The Kier molecular flexibility index (Phi) is 7.98. The SMILES string of the molecule is CC(=O)c1cccc(NC(=NCC2CCCC(CN)C2)N2CCC3(CC2)C(=O)NCN3c2ccccc2)c1. The molecule has 202 valence electrons. The molecule has 5 rings (SSSR count). The van der Waals surface area contributed by atoms with Crippen LogP contribution in [0.3, 0.4) is 0 Å². The zero-order valence-electron chi connectivity index (χ0n) is 22.4. The van der Waals surface area contributed by atoms with E-state index in [0.717, 1.165) is 36.8 Å². The molecule has 2 atom stereocenters. The number of nitrogens with zero attached hydrogens (tertiary/aromatic N) is 3. The highest BCUT2D eigenvalue weighted by Crippen LogP contribution is 2.36. The third-order valence-electron chi connectivity index (χ3n) is 8.54. The van der Waals surface area contributed by atoms with Crippen molar-refractivity contribution in [2.75, 3.05) is 43.1 Å². The summed E-state index contributed by atoms with van der Waals surface area (Å²) >= 11 is 0. The molecule has 2 aromatic rings. The molecule has 0 radical (unpaired) electrons. The second-order valence-corrected chi connectivity index (χ2v) is 11.0. The van der Waals surface area contributed by atoms with E-state index in [1.54, 1.807) is 6.92 Å². The Bertz CT molecular complexity index is 1160. The van der Waals surface area contributed by atoms with Gasteiger partial charge in [-0.2, -0.15) is 0 Å². The van der Waals surface area contributed by atoms with Crippen LogP contribution in [-0.2, 0) is 4.79 Å². The summed E-state index contributed by atoms with van der Waals surface area (Å²) in [5.41, 5.74) is 8.03. The largest absolute Gasteiger partial charge is 0.343 e. The van der Waals surface area contributed by atoms with Crippen molar-refractivity contribution in [3.05, 3.63) is 60.2 Å². The number of benzene rings is 2. The van der Waals surface area contributed by atoms with E-state index >= 15 is 0 Å². The minimum atomic E-state index is -0.546. The van der Waals surface area contributed by atoms with Crippen LogP contribution in [0.5, 0.6) is 0 Å². The average molecular weight is 517 g/mol. The number of piperidine rings is 1. The minimum Gasteiger partial charge on any atom is -0.343 e. The number of hydrogen-bond donors (Lipinski definition) is 3. The van der Waals surface area contributed by atoms with Gasteiger partial charge >= 0.3 is 0 Å². The number of guanidine groups is 1. The van der Waals surface area contributed by atoms with Gasteiger partial charge in [-0.05, 0) is 81.7 Å². The number of Topliss-reactive ketones (excluding diaryl/α,β-unsaturated/α-hetero) is 1. The van der Waals surface area contributed by atoms with Crippen molar-refractivity contribution in [1.82, 2.24) is 10.2 Å². The van der Waals surface area contributed by atoms with Crippen LogP contribution in [0.4, 0.5) is 11.4 Å². The molecule has 8 nitrogen and oxygen atoms in total. The first kappa shape index (κ1) is 26.2. The van der Waals surface area contributed by atoms with Crippen molar-refractivity contribution in [2.45, 2.75) is 51.0 Å². The van der Waals surface area contributed by atoms with E-state index in [9.17, 15) is 9.59 Å². The molecule has 2 saturated heterocycles. The predicted molar refractivity (Wildman–Crippen MR) is 152 cm³/mol. The zero-order chi connectivity index (χ0) is 26.5. The predicted octanol–water partition coefficient (Wildman–Crippen LogP) is 3.85. The molecule has 1 amide bonds. The molecule has 1 aliphatic carbocycles. The summed E-state index contributed by atoms with van der Waals surface area (Å²) in [6.45, 7) is 5.04. The molecular formula is C30H40N6O2. The highest BCUT2D eigenvalue weighted by atomic mass is 16.2. The van der Waals surface area contributed by atoms with Crippen LogP contribution in [-0.4, -0.2) is 60.9 Å². The van der Waals surface area contributed by atoms with Gasteiger partial charge in [-0.3, -0.25) is 14.6 Å². The van der Waals surface area contributed by atoms with E-state index in [4.69, 9.17) is 10.7 Å². The molecule has 2 aliphatic heterocycles. The van der Waals surface area contributed by atoms with Gasteiger partial charge in [-0.25, -0.2) is 0 Å². The number of nitrogens with two attached hydrogens (primary N) is 1. The lowest BCUT2D eigenvalue weighted by Gasteiger charge is -2.44. The smallest absolute Gasteiger partial charge is 0.247 e. The number of aliphatic imine (C=N–C) groups is 1. The molecule has 8 heteroatoms. The Labute approximate surface area is 225 Å². The van der Waals surface area contributed by atoms with E-state index in [0.29, 0.717) is 50.0 Å². The van der Waals surface area contributed by atoms with Gasteiger partial charge in [-0.1, -0.05) is 36.8 Å². The summed E-state index contributed by atoms with van der Waals surface area (Å²) in [7, 11) is 0. The Morgan fingerprint density at radius 3 is 2.61 bits per heavy atom. The van der Waals surface area contributed by atoms with Gasteiger partial charge in [0.25, 0.3) is 0 Å². The van der Waals surface area contributed by atoms with Gasteiger partial charge in [-0.15, -0.1) is 0 Å². The zero-order valence-corrected chi connectivity index (χ0v) is 22.4. The van der Waals surface area contributed by atoms with Gasteiger partial charge in [0.1, 0.15) is 5.54 Å². The number of hydrogen-bond acceptors (Lipinski definition) is 5. The van der Waals surface area contributed by atoms with E-state index in [-0.39, 0.29) is 11.7 Å². The van der Waals surface area contributed by atoms with Gasteiger partial charge in [0.05, 0.1) is 6.67 Å². The first-order valence-corrected chi connectivity index (χ1v) is 14.0. The minimum absolute atomic E-state index is 0.0373. The number of ketones is 1. The number of anilines is 2. The summed E-state index contributed by atoms with van der Waals surface area (Å²) in [5, 5.41) is 6.61. The highest BCUT2D eigenvalue weighted by molar-refractivity contribution is 5.98. The molecule has 0 aromatic heterocycles. The molecule has 2 heterocycles. The third kappa shape index (κ3) is 5.55. The average Bonchev–Trinajstić information content (AvgIpc) is 3.27. The number of rotatable bonds is 6. The molecular weight excluding hydrogens is 476 g/mol.